The summed E-state index contributed by atoms with van der Waals surface area (Å²) in [5.74, 6) is -0.858. The molecule has 0 heterocycles. The molecule has 0 aromatic carbocycles. The molecule has 0 aliphatic carbocycles. The number of hydrogen-bond acceptors (Lipinski definition) is 3. The first kappa shape index (κ1) is 10.2. The third-order valence-corrected chi connectivity index (χ3v) is 1.69. The highest BCUT2D eigenvalue weighted by Gasteiger charge is 2.22. The van der Waals surface area contributed by atoms with Crippen LogP contribution in [0.4, 0.5) is 0 Å². The minimum absolute atomic E-state index is 0.248. The predicted molar refractivity (Wildman–Crippen MR) is 42.0 cm³/mol. The van der Waals surface area contributed by atoms with Crippen LogP contribution < -0.4 is 0 Å². The number of carbonyl (C=O) groups is 1. The molecule has 0 unspecified atom stereocenters. The Morgan fingerprint density at radius 1 is 1.64 bits per heavy atom. The Hall–Kier alpha value is -0.830. The molecule has 3 heteroatoms. The summed E-state index contributed by atoms with van der Waals surface area (Å²) in [6.45, 7) is 7.11. The summed E-state index contributed by atoms with van der Waals surface area (Å²) in [4.78, 5) is 10.7. The van der Waals surface area contributed by atoms with E-state index in [0.717, 1.165) is 5.57 Å². The van der Waals surface area contributed by atoms with Crippen molar-refractivity contribution in [1.29, 1.82) is 0 Å². The third-order valence-electron chi connectivity index (χ3n) is 1.69. The average molecular weight is 158 g/mol. The van der Waals surface area contributed by atoms with Crippen LogP contribution >= 0.6 is 0 Å². The van der Waals surface area contributed by atoms with Crippen molar-refractivity contribution in [1.82, 2.24) is 0 Å². The molecule has 0 aromatic rings. The summed E-state index contributed by atoms with van der Waals surface area (Å²) < 4.78 is 4.35. The Balaban J connectivity index is 4.12. The van der Waals surface area contributed by atoms with E-state index in [4.69, 9.17) is 0 Å². The van der Waals surface area contributed by atoms with Crippen LogP contribution in [0, 0.1) is 5.92 Å². The maximum atomic E-state index is 10.7. The average Bonchev–Trinajstić information content (AvgIpc) is 2.00. The van der Waals surface area contributed by atoms with Crippen molar-refractivity contribution in [2.75, 3.05) is 7.11 Å². The predicted octanol–water partition coefficient (Wildman–Crippen LogP) is 0.732. The molecule has 0 aromatic heterocycles. The summed E-state index contributed by atoms with van der Waals surface area (Å²) in [5, 5.41) is 9.22. The van der Waals surface area contributed by atoms with Gasteiger partial charge >= 0.3 is 5.97 Å². The highest BCUT2D eigenvalue weighted by atomic mass is 16.5. The Bertz CT molecular complexity index is 163. The molecule has 11 heavy (non-hydrogen) atoms. The number of ether oxygens (including phenoxy) is 1. The Morgan fingerprint density at radius 2 is 2.09 bits per heavy atom. The van der Waals surface area contributed by atoms with Gasteiger partial charge in [0, 0.05) is 5.92 Å². The zero-order valence-corrected chi connectivity index (χ0v) is 7.13. The van der Waals surface area contributed by atoms with Gasteiger partial charge in [0.1, 0.15) is 0 Å². The van der Waals surface area contributed by atoms with Crippen LogP contribution in [0.5, 0.6) is 0 Å². The lowest BCUT2D eigenvalue weighted by atomic mass is 9.98. The largest absolute Gasteiger partial charge is 0.467 e. The molecule has 3 nitrogen and oxygen atoms in total. The van der Waals surface area contributed by atoms with E-state index in [1.807, 2.05) is 0 Å². The molecule has 0 rings (SSSR count). The van der Waals surface area contributed by atoms with Crippen LogP contribution in [0.25, 0.3) is 0 Å². The molecule has 0 radical (unpaired) electrons. The monoisotopic (exact) mass is 158 g/mol. The first-order valence-electron chi connectivity index (χ1n) is 3.42. The van der Waals surface area contributed by atoms with Crippen molar-refractivity contribution in [3.05, 3.63) is 12.2 Å². The number of rotatable bonds is 3. The summed E-state index contributed by atoms with van der Waals surface area (Å²) in [7, 11) is 1.25. The first-order chi connectivity index (χ1) is 5.00. The van der Waals surface area contributed by atoms with Crippen LogP contribution in [0.2, 0.25) is 0 Å². The fourth-order valence-electron chi connectivity index (χ4n) is 0.594. The van der Waals surface area contributed by atoms with E-state index >= 15 is 0 Å². The van der Waals surface area contributed by atoms with Crippen molar-refractivity contribution in [2.24, 2.45) is 5.92 Å². The first-order valence-corrected chi connectivity index (χ1v) is 3.42. The molecular formula is C8H14O3. The van der Waals surface area contributed by atoms with E-state index in [0.29, 0.717) is 0 Å². The highest BCUT2D eigenvalue weighted by Crippen LogP contribution is 2.12. The fraction of sp³-hybridized carbons (Fsp3) is 0.625. The number of methoxy groups -OCH3 is 1. The lowest BCUT2D eigenvalue weighted by molar-refractivity contribution is -0.152. The molecule has 0 amide bonds. The zero-order chi connectivity index (χ0) is 9.02. The van der Waals surface area contributed by atoms with Gasteiger partial charge in [-0.2, -0.15) is 0 Å². The molecule has 64 valence electrons. The summed E-state index contributed by atoms with van der Waals surface area (Å²) in [6.07, 6.45) is -1.09. The van der Waals surface area contributed by atoms with E-state index < -0.39 is 12.1 Å². The molecule has 0 aliphatic rings. The highest BCUT2D eigenvalue weighted by molar-refractivity contribution is 5.74. The van der Waals surface area contributed by atoms with Crippen molar-refractivity contribution in [2.45, 2.75) is 20.0 Å². The lowest BCUT2D eigenvalue weighted by Crippen LogP contribution is -2.29. The minimum atomic E-state index is -1.09. The van der Waals surface area contributed by atoms with Crippen molar-refractivity contribution >= 4 is 5.97 Å². The van der Waals surface area contributed by atoms with Gasteiger partial charge < -0.3 is 9.84 Å². The molecule has 0 saturated heterocycles. The summed E-state index contributed by atoms with van der Waals surface area (Å²) >= 11 is 0. The van der Waals surface area contributed by atoms with Crippen molar-refractivity contribution in [3.63, 3.8) is 0 Å². The van der Waals surface area contributed by atoms with Gasteiger partial charge in [0.15, 0.2) is 6.10 Å². The van der Waals surface area contributed by atoms with E-state index in [1.54, 1.807) is 13.8 Å². The summed E-state index contributed by atoms with van der Waals surface area (Å²) in [5.41, 5.74) is 0.767. The second kappa shape index (κ2) is 4.13. The standard InChI is InChI=1S/C8H14O3/c1-5(2)6(3)7(9)8(10)11-4/h6-7,9H,1H2,2-4H3/t6-,7+/m1/s1. The molecule has 2 atom stereocenters. The SMILES string of the molecule is C=C(C)[C@@H](C)[C@H](O)C(=O)OC. The molecule has 0 saturated carbocycles. The maximum absolute atomic E-state index is 10.7. The number of aliphatic hydroxyl groups is 1. The Morgan fingerprint density at radius 3 is 2.36 bits per heavy atom. The van der Waals surface area contributed by atoms with Gasteiger partial charge in [-0.25, -0.2) is 4.79 Å². The van der Waals surface area contributed by atoms with Crippen LogP contribution in [-0.4, -0.2) is 24.3 Å². The normalized spacial score (nSPS) is 15.3. The van der Waals surface area contributed by atoms with E-state index in [2.05, 4.69) is 11.3 Å². The second-order valence-electron chi connectivity index (χ2n) is 2.60. The Labute approximate surface area is 66.7 Å². The van der Waals surface area contributed by atoms with Crippen LogP contribution in [0.1, 0.15) is 13.8 Å². The molecule has 1 N–H and O–H groups in total. The number of carbonyl (C=O) groups excluding carboxylic acids is 1. The van der Waals surface area contributed by atoms with Gasteiger partial charge in [0.2, 0.25) is 0 Å². The molecule has 0 aliphatic heterocycles. The zero-order valence-electron chi connectivity index (χ0n) is 7.13. The topological polar surface area (TPSA) is 46.5 Å². The van der Waals surface area contributed by atoms with Gasteiger partial charge in [0.25, 0.3) is 0 Å². The van der Waals surface area contributed by atoms with Gasteiger partial charge in [-0.05, 0) is 6.92 Å². The lowest BCUT2D eigenvalue weighted by Gasteiger charge is -2.15. The fourth-order valence-corrected chi connectivity index (χ4v) is 0.594. The van der Waals surface area contributed by atoms with Gasteiger partial charge in [-0.15, -0.1) is 0 Å². The number of hydrogen-bond donors (Lipinski definition) is 1. The van der Waals surface area contributed by atoms with Crippen molar-refractivity contribution < 1.29 is 14.6 Å². The van der Waals surface area contributed by atoms with Gasteiger partial charge in [-0.3, -0.25) is 0 Å². The smallest absolute Gasteiger partial charge is 0.335 e. The Kier molecular flexibility index (Phi) is 3.82. The van der Waals surface area contributed by atoms with Crippen LogP contribution in [-0.2, 0) is 9.53 Å². The number of aliphatic hydroxyl groups excluding tert-OH is 1. The van der Waals surface area contributed by atoms with Gasteiger partial charge in [0.05, 0.1) is 7.11 Å². The molecule has 0 spiro atoms. The van der Waals surface area contributed by atoms with Gasteiger partial charge in [-0.1, -0.05) is 19.1 Å². The van der Waals surface area contributed by atoms with Crippen molar-refractivity contribution in [3.8, 4) is 0 Å². The van der Waals surface area contributed by atoms with E-state index in [-0.39, 0.29) is 5.92 Å². The van der Waals surface area contributed by atoms with E-state index in [9.17, 15) is 9.90 Å². The maximum Gasteiger partial charge on any atom is 0.335 e. The van der Waals surface area contributed by atoms with Crippen LogP contribution in [0.3, 0.4) is 0 Å². The summed E-state index contributed by atoms with van der Waals surface area (Å²) in [6, 6.07) is 0. The van der Waals surface area contributed by atoms with Crippen LogP contribution in [0.15, 0.2) is 12.2 Å². The second-order valence-corrected chi connectivity index (χ2v) is 2.60. The van der Waals surface area contributed by atoms with E-state index in [1.165, 1.54) is 7.11 Å². The molecular weight excluding hydrogens is 144 g/mol. The third kappa shape index (κ3) is 2.72. The number of esters is 1. The minimum Gasteiger partial charge on any atom is -0.467 e. The molecule has 0 bridgehead atoms. The molecule has 0 fully saturated rings. The quantitative estimate of drug-likeness (QED) is 0.486.